The molecule has 2 N–H and O–H groups in total. The van der Waals surface area contributed by atoms with Gasteiger partial charge in [-0.2, -0.15) is 13.2 Å². The first kappa shape index (κ1) is 17.5. The van der Waals surface area contributed by atoms with Crippen molar-refractivity contribution in [3.63, 3.8) is 0 Å². The van der Waals surface area contributed by atoms with E-state index in [2.05, 4.69) is 5.32 Å². The van der Waals surface area contributed by atoms with E-state index in [1.54, 1.807) is 42.6 Å². The van der Waals surface area contributed by atoms with Crippen LogP contribution in [0.3, 0.4) is 0 Å². The van der Waals surface area contributed by atoms with Gasteiger partial charge in [-0.05, 0) is 30.7 Å². The van der Waals surface area contributed by atoms with Gasteiger partial charge in [-0.15, -0.1) is 0 Å². The molecular weight excluding hydrogens is 321 g/mol. The van der Waals surface area contributed by atoms with Gasteiger partial charge in [-0.25, -0.2) is 0 Å². The second-order valence-corrected chi connectivity index (χ2v) is 5.11. The number of nitrogens with one attached hydrogen (secondary N) is 2. The van der Waals surface area contributed by atoms with Crippen LogP contribution in [0.1, 0.15) is 26.3 Å². The Morgan fingerprint density at radius 3 is 2.12 bits per heavy atom. The van der Waals surface area contributed by atoms with Crippen LogP contribution in [0.2, 0.25) is 0 Å². The van der Waals surface area contributed by atoms with Gasteiger partial charge in [0.15, 0.2) is 0 Å². The molecule has 0 fully saturated rings. The van der Waals surface area contributed by atoms with Crippen molar-refractivity contribution in [1.82, 2.24) is 5.32 Å². The molecule has 4 nitrogen and oxygen atoms in total. The summed E-state index contributed by atoms with van der Waals surface area (Å²) in [6.07, 6.45) is -4.50. The monoisotopic (exact) mass is 336 g/mol. The molecule has 0 unspecified atom stereocenters. The number of hydrogen-bond acceptors (Lipinski definition) is 2. The zero-order valence-corrected chi connectivity index (χ0v) is 12.8. The molecular formula is C17H15F3N2O2. The number of halogens is 3. The van der Waals surface area contributed by atoms with Crippen molar-refractivity contribution in [2.24, 2.45) is 0 Å². The Kier molecular flexibility index (Phi) is 5.23. The van der Waals surface area contributed by atoms with Gasteiger partial charge in [0.05, 0.1) is 11.3 Å². The lowest BCUT2D eigenvalue weighted by atomic mass is 10.1. The summed E-state index contributed by atoms with van der Waals surface area (Å²) in [6.45, 7) is 0.322. The van der Waals surface area contributed by atoms with Crippen LogP contribution in [-0.4, -0.2) is 24.5 Å². The summed E-state index contributed by atoms with van der Waals surface area (Å²) in [5.74, 6) is -1.35. The maximum atomic E-state index is 12.3. The highest BCUT2D eigenvalue weighted by Crippen LogP contribution is 2.18. The smallest absolute Gasteiger partial charge is 0.343 e. The summed E-state index contributed by atoms with van der Waals surface area (Å²) in [6, 6.07) is 12.8. The Balaban J connectivity index is 2.18. The van der Waals surface area contributed by atoms with Crippen molar-refractivity contribution < 1.29 is 22.8 Å². The minimum absolute atomic E-state index is 0.0383. The summed E-state index contributed by atoms with van der Waals surface area (Å²) < 4.78 is 36.7. The summed E-state index contributed by atoms with van der Waals surface area (Å²) in [7, 11) is 0. The van der Waals surface area contributed by atoms with Crippen molar-refractivity contribution in [3.8, 4) is 0 Å². The number of para-hydroxylation sites is 1. The van der Waals surface area contributed by atoms with Crippen LogP contribution in [0.15, 0.2) is 48.5 Å². The molecule has 0 bridgehead atoms. The number of carbonyl (C=O) groups excluding carboxylic acids is 2. The predicted octanol–water partition coefficient (Wildman–Crippen LogP) is 3.54. The Bertz CT molecular complexity index is 757. The van der Waals surface area contributed by atoms with Crippen LogP contribution in [0, 0.1) is 6.92 Å². The molecule has 0 aromatic heterocycles. The SMILES string of the molecule is Cc1ccccc1C(=O)Nc1ccccc1C(=O)NCC(F)(F)F. The Morgan fingerprint density at radius 2 is 1.50 bits per heavy atom. The van der Waals surface area contributed by atoms with E-state index in [4.69, 9.17) is 0 Å². The number of anilines is 1. The van der Waals surface area contributed by atoms with Crippen LogP contribution in [-0.2, 0) is 0 Å². The molecule has 0 radical (unpaired) electrons. The van der Waals surface area contributed by atoms with Gasteiger partial charge in [-0.3, -0.25) is 9.59 Å². The normalized spacial score (nSPS) is 11.0. The maximum absolute atomic E-state index is 12.3. The van der Waals surface area contributed by atoms with E-state index in [9.17, 15) is 22.8 Å². The average Bonchev–Trinajstić information content (AvgIpc) is 2.53. The molecule has 0 atom stereocenters. The Hall–Kier alpha value is -2.83. The molecule has 2 aromatic rings. The third kappa shape index (κ3) is 4.58. The van der Waals surface area contributed by atoms with E-state index in [1.807, 2.05) is 0 Å². The number of rotatable bonds is 4. The van der Waals surface area contributed by atoms with Gasteiger partial charge < -0.3 is 10.6 Å². The standard InChI is InChI=1S/C17H15F3N2O2/c1-11-6-2-3-7-12(11)16(24)22-14-9-5-4-8-13(14)15(23)21-10-17(18,19)20/h2-9H,10H2,1H3,(H,21,23)(H,22,24). The van der Waals surface area contributed by atoms with Crippen molar-refractivity contribution in [1.29, 1.82) is 0 Å². The molecule has 0 heterocycles. The van der Waals surface area contributed by atoms with Gasteiger partial charge in [-0.1, -0.05) is 30.3 Å². The van der Waals surface area contributed by atoms with Gasteiger partial charge in [0.25, 0.3) is 11.8 Å². The highest BCUT2D eigenvalue weighted by atomic mass is 19.4. The number of alkyl halides is 3. The molecule has 2 amide bonds. The molecule has 0 aliphatic rings. The number of hydrogen-bond donors (Lipinski definition) is 2. The molecule has 24 heavy (non-hydrogen) atoms. The molecule has 7 heteroatoms. The topological polar surface area (TPSA) is 58.2 Å². The zero-order chi connectivity index (χ0) is 17.7. The molecule has 0 saturated heterocycles. The number of amides is 2. The van der Waals surface area contributed by atoms with E-state index in [0.717, 1.165) is 5.56 Å². The first-order chi connectivity index (χ1) is 11.3. The lowest BCUT2D eigenvalue weighted by Crippen LogP contribution is -2.34. The molecule has 0 saturated carbocycles. The molecule has 2 aromatic carbocycles. The third-order valence-electron chi connectivity index (χ3n) is 3.26. The second-order valence-electron chi connectivity index (χ2n) is 5.11. The second kappa shape index (κ2) is 7.16. The van der Waals surface area contributed by atoms with Crippen molar-refractivity contribution in [2.45, 2.75) is 13.1 Å². The van der Waals surface area contributed by atoms with E-state index in [-0.39, 0.29) is 11.3 Å². The Morgan fingerprint density at radius 1 is 0.917 bits per heavy atom. The number of carbonyl (C=O) groups is 2. The Labute approximate surface area is 136 Å². The van der Waals surface area contributed by atoms with Crippen molar-refractivity contribution >= 4 is 17.5 Å². The fourth-order valence-corrected chi connectivity index (χ4v) is 2.08. The largest absolute Gasteiger partial charge is 0.405 e. The molecule has 0 spiro atoms. The van der Waals surface area contributed by atoms with Crippen molar-refractivity contribution in [2.75, 3.05) is 11.9 Å². The van der Waals surface area contributed by atoms with E-state index in [0.29, 0.717) is 5.56 Å². The fourth-order valence-electron chi connectivity index (χ4n) is 2.08. The van der Waals surface area contributed by atoms with Crippen molar-refractivity contribution in [3.05, 3.63) is 65.2 Å². The van der Waals surface area contributed by atoms with Crippen LogP contribution in [0.25, 0.3) is 0 Å². The minimum Gasteiger partial charge on any atom is -0.343 e. The van der Waals surface area contributed by atoms with Gasteiger partial charge in [0.2, 0.25) is 0 Å². The molecule has 2 rings (SSSR count). The summed E-state index contributed by atoms with van der Waals surface area (Å²) >= 11 is 0. The molecule has 126 valence electrons. The fraction of sp³-hybridized carbons (Fsp3) is 0.176. The summed E-state index contributed by atoms with van der Waals surface area (Å²) in [5.41, 5.74) is 1.27. The van der Waals surface area contributed by atoms with Gasteiger partial charge in [0.1, 0.15) is 6.54 Å². The van der Waals surface area contributed by atoms with Gasteiger partial charge in [0, 0.05) is 5.56 Å². The van der Waals surface area contributed by atoms with Crippen LogP contribution < -0.4 is 10.6 Å². The highest BCUT2D eigenvalue weighted by Gasteiger charge is 2.28. The predicted molar refractivity (Wildman–Crippen MR) is 84.0 cm³/mol. The lowest BCUT2D eigenvalue weighted by Gasteiger charge is -2.13. The average molecular weight is 336 g/mol. The molecule has 0 aliphatic carbocycles. The summed E-state index contributed by atoms with van der Waals surface area (Å²) in [4.78, 5) is 24.2. The maximum Gasteiger partial charge on any atom is 0.405 e. The van der Waals surface area contributed by atoms with Crippen LogP contribution in [0.5, 0.6) is 0 Å². The third-order valence-corrected chi connectivity index (χ3v) is 3.26. The van der Waals surface area contributed by atoms with Crippen LogP contribution in [0.4, 0.5) is 18.9 Å². The minimum atomic E-state index is -4.50. The molecule has 0 aliphatic heterocycles. The first-order valence-corrected chi connectivity index (χ1v) is 7.09. The summed E-state index contributed by atoms with van der Waals surface area (Å²) in [5, 5.41) is 4.35. The highest BCUT2D eigenvalue weighted by molar-refractivity contribution is 6.09. The van der Waals surface area contributed by atoms with E-state index in [1.165, 1.54) is 18.2 Å². The van der Waals surface area contributed by atoms with E-state index < -0.39 is 24.5 Å². The first-order valence-electron chi connectivity index (χ1n) is 7.09. The number of benzene rings is 2. The number of aryl methyl sites for hydroxylation is 1. The zero-order valence-electron chi connectivity index (χ0n) is 12.8. The van der Waals surface area contributed by atoms with Crippen LogP contribution >= 0.6 is 0 Å². The quantitative estimate of drug-likeness (QED) is 0.897. The van der Waals surface area contributed by atoms with Gasteiger partial charge >= 0.3 is 6.18 Å². The van der Waals surface area contributed by atoms with E-state index >= 15 is 0 Å². The lowest BCUT2D eigenvalue weighted by molar-refractivity contribution is -0.123.